The second kappa shape index (κ2) is 6.61. The summed E-state index contributed by atoms with van der Waals surface area (Å²) in [4.78, 5) is 25.9. The van der Waals surface area contributed by atoms with E-state index in [1.165, 1.54) is 4.57 Å². The van der Waals surface area contributed by atoms with Gasteiger partial charge in [-0.15, -0.1) is 0 Å². The van der Waals surface area contributed by atoms with Crippen molar-refractivity contribution >= 4 is 5.91 Å². The lowest BCUT2D eigenvalue weighted by Gasteiger charge is -2.20. The van der Waals surface area contributed by atoms with Gasteiger partial charge < -0.3 is 14.8 Å². The van der Waals surface area contributed by atoms with Gasteiger partial charge >= 0.3 is 0 Å². The number of fused-ring (bicyclic) bond motifs is 2. The fourth-order valence-corrected chi connectivity index (χ4v) is 3.95. The van der Waals surface area contributed by atoms with Crippen molar-refractivity contribution in [1.82, 2.24) is 9.88 Å². The number of pyridine rings is 1. The van der Waals surface area contributed by atoms with Crippen molar-refractivity contribution in [2.45, 2.75) is 44.4 Å². The summed E-state index contributed by atoms with van der Waals surface area (Å²) in [6.07, 6.45) is 4.84. The van der Waals surface area contributed by atoms with E-state index in [0.717, 1.165) is 19.3 Å². The Morgan fingerprint density at radius 1 is 1.27 bits per heavy atom. The third kappa shape index (κ3) is 2.80. The number of para-hydroxylation sites is 2. The summed E-state index contributed by atoms with van der Waals surface area (Å²) >= 11 is 0. The molecule has 2 aromatic rings. The first-order valence-electron chi connectivity index (χ1n) is 8.90. The number of benzene rings is 1. The molecule has 1 aromatic heterocycles. The Labute approximate surface area is 151 Å². The van der Waals surface area contributed by atoms with E-state index in [9.17, 15) is 9.59 Å². The van der Waals surface area contributed by atoms with Crippen LogP contribution in [0.5, 0.6) is 5.75 Å². The van der Waals surface area contributed by atoms with Crippen LogP contribution in [0.4, 0.5) is 0 Å². The van der Waals surface area contributed by atoms with Crippen LogP contribution in [0.15, 0.2) is 41.3 Å². The molecule has 6 heteroatoms. The molecule has 0 saturated carbocycles. The summed E-state index contributed by atoms with van der Waals surface area (Å²) in [5.41, 5.74) is 1.08. The zero-order valence-electron chi connectivity index (χ0n) is 14.9. The number of aryl methyl sites for hydroxylation is 1. The maximum Gasteiger partial charge on any atom is 0.268 e. The molecule has 2 bridgehead atoms. The second-order valence-electron chi connectivity index (χ2n) is 6.91. The lowest BCUT2D eigenvalue weighted by atomic mass is 9.95. The third-order valence-corrected chi connectivity index (χ3v) is 5.29. The summed E-state index contributed by atoms with van der Waals surface area (Å²) in [5.74, 6) is 0.240. The van der Waals surface area contributed by atoms with Gasteiger partial charge in [0.1, 0.15) is 11.3 Å². The highest BCUT2D eigenvalue weighted by Gasteiger charge is 2.41. The van der Waals surface area contributed by atoms with E-state index in [0.29, 0.717) is 17.0 Å². The minimum atomic E-state index is -0.351. The number of nitrogens with one attached hydrogen (secondary N) is 1. The van der Waals surface area contributed by atoms with Crippen molar-refractivity contribution in [3.63, 3.8) is 0 Å². The Morgan fingerprint density at radius 3 is 2.77 bits per heavy atom. The van der Waals surface area contributed by atoms with E-state index in [1.54, 1.807) is 38.4 Å². The predicted molar refractivity (Wildman–Crippen MR) is 97.1 cm³/mol. The van der Waals surface area contributed by atoms with Gasteiger partial charge in [-0.05, 0) is 49.9 Å². The number of aromatic nitrogens is 1. The molecule has 2 aliphatic rings. The van der Waals surface area contributed by atoms with E-state index >= 15 is 0 Å². The van der Waals surface area contributed by atoms with Crippen LogP contribution in [0.3, 0.4) is 0 Å². The maximum absolute atomic E-state index is 13.0. The molecule has 6 nitrogen and oxygen atoms in total. The van der Waals surface area contributed by atoms with Crippen LogP contribution >= 0.6 is 0 Å². The molecule has 2 saturated heterocycles. The summed E-state index contributed by atoms with van der Waals surface area (Å²) in [7, 11) is 1.56. The molecule has 0 aliphatic carbocycles. The number of hydrogen-bond acceptors (Lipinski definition) is 4. The van der Waals surface area contributed by atoms with Crippen LogP contribution in [-0.4, -0.2) is 35.8 Å². The average Bonchev–Trinajstić information content (AvgIpc) is 3.25. The van der Waals surface area contributed by atoms with Crippen LogP contribution in [0.25, 0.3) is 5.69 Å². The van der Waals surface area contributed by atoms with Gasteiger partial charge in [-0.25, -0.2) is 0 Å². The first-order valence-corrected chi connectivity index (χ1v) is 8.90. The van der Waals surface area contributed by atoms with Gasteiger partial charge in [0.2, 0.25) is 0 Å². The van der Waals surface area contributed by atoms with Crippen molar-refractivity contribution in [3.05, 3.63) is 58.0 Å². The standard InChI is InChI=1S/C20H22N2O4/c1-12-9-10-22(15-5-3-4-6-17(15)25-2)20(24)18(12)19(23)21-14-11-13-7-8-16(14)26-13/h3-6,9-10,13-14,16H,7-8,11H2,1-2H3,(H,21,23)/t13-,14+,16+/m0/s1. The minimum Gasteiger partial charge on any atom is -0.495 e. The van der Waals surface area contributed by atoms with Gasteiger partial charge in [0.15, 0.2) is 0 Å². The fourth-order valence-electron chi connectivity index (χ4n) is 3.95. The van der Waals surface area contributed by atoms with Crippen LogP contribution in [0.1, 0.15) is 35.2 Å². The highest BCUT2D eigenvalue weighted by atomic mass is 16.5. The molecular weight excluding hydrogens is 332 g/mol. The minimum absolute atomic E-state index is 0.0139. The SMILES string of the molecule is COc1ccccc1-n1ccc(C)c(C(=O)N[C@@H]2C[C@@H]3CC[C@H]2O3)c1=O. The van der Waals surface area contributed by atoms with E-state index in [-0.39, 0.29) is 35.3 Å². The molecule has 0 radical (unpaired) electrons. The zero-order valence-corrected chi connectivity index (χ0v) is 14.9. The first kappa shape index (κ1) is 16.8. The van der Waals surface area contributed by atoms with Crippen LogP contribution in [-0.2, 0) is 4.74 Å². The summed E-state index contributed by atoms with van der Waals surface area (Å²) in [6.45, 7) is 1.78. The molecule has 4 rings (SSSR count). The molecule has 2 fully saturated rings. The topological polar surface area (TPSA) is 69.6 Å². The normalized spacial score (nSPS) is 23.8. The number of amides is 1. The highest BCUT2D eigenvalue weighted by molar-refractivity contribution is 5.95. The van der Waals surface area contributed by atoms with Gasteiger partial charge in [-0.2, -0.15) is 0 Å². The Morgan fingerprint density at radius 2 is 2.08 bits per heavy atom. The van der Waals surface area contributed by atoms with Crippen LogP contribution < -0.4 is 15.6 Å². The fraction of sp³-hybridized carbons (Fsp3) is 0.400. The molecule has 0 spiro atoms. The summed E-state index contributed by atoms with van der Waals surface area (Å²) < 4.78 is 12.6. The third-order valence-electron chi connectivity index (χ3n) is 5.29. The average molecular weight is 354 g/mol. The van der Waals surface area contributed by atoms with Gasteiger partial charge in [-0.3, -0.25) is 14.2 Å². The Kier molecular flexibility index (Phi) is 4.28. The number of ether oxygens (including phenoxy) is 2. The molecule has 136 valence electrons. The number of carbonyl (C=O) groups is 1. The Hall–Kier alpha value is -2.60. The van der Waals surface area contributed by atoms with Crippen LogP contribution in [0, 0.1) is 6.92 Å². The van der Waals surface area contributed by atoms with Gasteiger partial charge in [0.05, 0.1) is 31.0 Å². The monoisotopic (exact) mass is 354 g/mol. The van der Waals surface area contributed by atoms with Gasteiger partial charge in [-0.1, -0.05) is 12.1 Å². The smallest absolute Gasteiger partial charge is 0.268 e. The maximum atomic E-state index is 13.0. The summed E-state index contributed by atoms with van der Waals surface area (Å²) in [5, 5.41) is 3.01. The largest absolute Gasteiger partial charge is 0.495 e. The van der Waals surface area contributed by atoms with Crippen molar-refractivity contribution in [2.24, 2.45) is 0 Å². The number of methoxy groups -OCH3 is 1. The van der Waals surface area contributed by atoms with E-state index in [1.807, 2.05) is 12.1 Å². The van der Waals surface area contributed by atoms with Crippen molar-refractivity contribution in [1.29, 1.82) is 0 Å². The quantitative estimate of drug-likeness (QED) is 0.914. The van der Waals surface area contributed by atoms with E-state index in [4.69, 9.17) is 9.47 Å². The molecule has 1 amide bonds. The van der Waals surface area contributed by atoms with Gasteiger partial charge in [0.25, 0.3) is 11.5 Å². The lowest BCUT2D eigenvalue weighted by molar-refractivity contribution is 0.0839. The van der Waals surface area contributed by atoms with Crippen molar-refractivity contribution in [3.8, 4) is 11.4 Å². The number of nitrogens with zero attached hydrogens (tertiary/aromatic N) is 1. The predicted octanol–water partition coefficient (Wildman–Crippen LogP) is 2.20. The Balaban J connectivity index is 1.68. The molecule has 1 N–H and O–H groups in total. The molecule has 3 atom stereocenters. The first-order chi connectivity index (χ1) is 12.6. The molecule has 3 heterocycles. The molecular formula is C20H22N2O4. The molecule has 26 heavy (non-hydrogen) atoms. The van der Waals surface area contributed by atoms with Crippen LogP contribution in [0.2, 0.25) is 0 Å². The summed E-state index contributed by atoms with van der Waals surface area (Å²) in [6, 6.07) is 9.01. The number of carbonyl (C=O) groups excluding carboxylic acids is 1. The molecule has 1 aromatic carbocycles. The van der Waals surface area contributed by atoms with Gasteiger partial charge in [0, 0.05) is 6.20 Å². The zero-order chi connectivity index (χ0) is 18.3. The van der Waals surface area contributed by atoms with E-state index in [2.05, 4.69) is 5.32 Å². The van der Waals surface area contributed by atoms with E-state index < -0.39 is 0 Å². The number of hydrogen-bond donors (Lipinski definition) is 1. The highest BCUT2D eigenvalue weighted by Crippen LogP contribution is 2.34. The lowest BCUT2D eigenvalue weighted by Crippen LogP contribution is -2.44. The second-order valence-corrected chi connectivity index (χ2v) is 6.91. The molecule has 2 aliphatic heterocycles. The van der Waals surface area contributed by atoms with Crippen molar-refractivity contribution in [2.75, 3.05) is 7.11 Å². The Bertz CT molecular complexity index is 905. The molecule has 0 unspecified atom stereocenters. The number of rotatable bonds is 4. The van der Waals surface area contributed by atoms with Crippen molar-refractivity contribution < 1.29 is 14.3 Å².